The fourth-order valence-electron chi connectivity index (χ4n) is 1.21. The Morgan fingerprint density at radius 2 is 2.27 bits per heavy atom. The van der Waals surface area contributed by atoms with Crippen molar-refractivity contribution in [3.8, 4) is 16.3 Å². The van der Waals surface area contributed by atoms with Gasteiger partial charge in [0.15, 0.2) is 5.78 Å². The molecule has 2 aromatic rings. The number of phenols is 1. The molecule has 2 rings (SSSR count). The van der Waals surface area contributed by atoms with Gasteiger partial charge < -0.3 is 5.11 Å². The second-order valence-corrected chi connectivity index (χ2v) is 4.17. The minimum atomic E-state index is 0.0129. The minimum Gasteiger partial charge on any atom is -0.508 e. The fourth-order valence-corrected chi connectivity index (χ4v) is 2.02. The van der Waals surface area contributed by atoms with E-state index < -0.39 is 0 Å². The Balaban J connectivity index is 2.41. The largest absolute Gasteiger partial charge is 0.508 e. The summed E-state index contributed by atoms with van der Waals surface area (Å²) >= 11 is 1.33. The van der Waals surface area contributed by atoms with Gasteiger partial charge in [-0.25, -0.2) is 4.98 Å². The van der Waals surface area contributed by atoms with E-state index in [-0.39, 0.29) is 11.5 Å². The van der Waals surface area contributed by atoms with Crippen molar-refractivity contribution in [2.24, 2.45) is 0 Å². The molecule has 1 heterocycles. The first-order valence-electron chi connectivity index (χ1n) is 4.43. The Bertz CT molecular complexity index is 505. The van der Waals surface area contributed by atoms with Gasteiger partial charge in [-0.3, -0.25) is 4.79 Å². The fraction of sp³-hybridized carbons (Fsp3) is 0.0909. The molecular formula is C11H9NO2S. The lowest BCUT2D eigenvalue weighted by Gasteiger charge is -1.95. The number of rotatable bonds is 2. The molecule has 1 N–H and O–H groups in total. The van der Waals surface area contributed by atoms with Gasteiger partial charge in [0.25, 0.3) is 0 Å². The molecule has 76 valence electrons. The molecule has 1 aromatic carbocycles. The third-order valence-corrected chi connectivity index (χ3v) is 3.09. The van der Waals surface area contributed by atoms with E-state index in [9.17, 15) is 9.90 Å². The van der Waals surface area contributed by atoms with Gasteiger partial charge in [0.05, 0.1) is 4.88 Å². The first kappa shape index (κ1) is 9.86. The number of phenolic OH excluding ortho intramolecular Hbond substituents is 1. The summed E-state index contributed by atoms with van der Waals surface area (Å²) in [5.74, 6) is 0.214. The van der Waals surface area contributed by atoms with Crippen molar-refractivity contribution in [1.82, 2.24) is 4.98 Å². The van der Waals surface area contributed by atoms with Crippen LogP contribution in [-0.4, -0.2) is 15.9 Å². The van der Waals surface area contributed by atoms with Crippen molar-refractivity contribution in [1.29, 1.82) is 0 Å². The number of aromatic nitrogens is 1. The lowest BCUT2D eigenvalue weighted by molar-refractivity contribution is 0.102. The molecule has 0 saturated heterocycles. The van der Waals surface area contributed by atoms with E-state index in [0.29, 0.717) is 4.88 Å². The van der Waals surface area contributed by atoms with E-state index in [0.717, 1.165) is 10.6 Å². The molecule has 15 heavy (non-hydrogen) atoms. The van der Waals surface area contributed by atoms with Crippen LogP contribution in [0.25, 0.3) is 10.6 Å². The lowest BCUT2D eigenvalue weighted by Crippen LogP contribution is -1.83. The first-order chi connectivity index (χ1) is 7.16. The number of Topliss-reactive ketones (excluding diaryl/α,β-unsaturated/α-hetero) is 1. The van der Waals surface area contributed by atoms with Crippen LogP contribution in [0.3, 0.4) is 0 Å². The SMILES string of the molecule is CC(=O)c1cnc(-c2cccc(O)c2)s1. The van der Waals surface area contributed by atoms with Crippen LogP contribution in [0.4, 0.5) is 0 Å². The monoisotopic (exact) mass is 219 g/mol. The van der Waals surface area contributed by atoms with Crippen molar-refractivity contribution in [2.75, 3.05) is 0 Å². The summed E-state index contributed by atoms with van der Waals surface area (Å²) in [7, 11) is 0. The number of carbonyl (C=O) groups is 1. The Morgan fingerprint density at radius 1 is 1.47 bits per heavy atom. The van der Waals surface area contributed by atoms with E-state index >= 15 is 0 Å². The van der Waals surface area contributed by atoms with E-state index in [1.54, 1.807) is 24.4 Å². The summed E-state index contributed by atoms with van der Waals surface area (Å²) in [6, 6.07) is 6.83. The zero-order chi connectivity index (χ0) is 10.8. The maximum atomic E-state index is 11.1. The number of nitrogens with zero attached hydrogens (tertiary/aromatic N) is 1. The predicted molar refractivity (Wildman–Crippen MR) is 59.2 cm³/mol. The van der Waals surface area contributed by atoms with Gasteiger partial charge in [-0.15, -0.1) is 11.3 Å². The van der Waals surface area contributed by atoms with E-state index in [1.165, 1.54) is 18.3 Å². The van der Waals surface area contributed by atoms with E-state index in [2.05, 4.69) is 4.98 Å². The van der Waals surface area contributed by atoms with Crippen molar-refractivity contribution in [2.45, 2.75) is 6.92 Å². The molecule has 0 amide bonds. The van der Waals surface area contributed by atoms with Gasteiger partial charge in [-0.05, 0) is 12.1 Å². The summed E-state index contributed by atoms with van der Waals surface area (Å²) in [6.45, 7) is 1.51. The van der Waals surface area contributed by atoms with Crippen LogP contribution in [-0.2, 0) is 0 Å². The standard InChI is InChI=1S/C11H9NO2S/c1-7(13)10-6-12-11(15-10)8-3-2-4-9(14)5-8/h2-6,14H,1H3. The molecule has 0 unspecified atom stereocenters. The molecule has 0 spiro atoms. The Kier molecular flexibility index (Phi) is 2.51. The number of thiazole rings is 1. The van der Waals surface area contributed by atoms with Gasteiger partial charge in [0, 0.05) is 18.7 Å². The highest BCUT2D eigenvalue weighted by Crippen LogP contribution is 2.27. The predicted octanol–water partition coefficient (Wildman–Crippen LogP) is 2.72. The van der Waals surface area contributed by atoms with Crippen LogP contribution >= 0.6 is 11.3 Å². The summed E-state index contributed by atoms with van der Waals surface area (Å²) < 4.78 is 0. The normalized spacial score (nSPS) is 10.2. The van der Waals surface area contributed by atoms with Crippen LogP contribution < -0.4 is 0 Å². The Hall–Kier alpha value is -1.68. The molecule has 0 aliphatic heterocycles. The highest BCUT2D eigenvalue weighted by molar-refractivity contribution is 7.16. The third kappa shape index (κ3) is 2.05. The van der Waals surface area contributed by atoms with Crippen molar-refractivity contribution in [3.63, 3.8) is 0 Å². The minimum absolute atomic E-state index is 0.0129. The molecule has 0 saturated carbocycles. The highest BCUT2D eigenvalue weighted by Gasteiger charge is 2.07. The van der Waals surface area contributed by atoms with Crippen LogP contribution in [0.2, 0.25) is 0 Å². The second-order valence-electron chi connectivity index (χ2n) is 3.14. The highest BCUT2D eigenvalue weighted by atomic mass is 32.1. The molecule has 1 aromatic heterocycles. The molecule has 0 bridgehead atoms. The van der Waals surface area contributed by atoms with Gasteiger partial charge in [-0.1, -0.05) is 12.1 Å². The van der Waals surface area contributed by atoms with Gasteiger partial charge >= 0.3 is 0 Å². The quantitative estimate of drug-likeness (QED) is 0.790. The summed E-state index contributed by atoms with van der Waals surface area (Å²) in [4.78, 5) is 15.8. The van der Waals surface area contributed by atoms with Crippen molar-refractivity contribution >= 4 is 17.1 Å². The number of benzene rings is 1. The van der Waals surface area contributed by atoms with Crippen molar-refractivity contribution in [3.05, 3.63) is 35.3 Å². The number of carbonyl (C=O) groups excluding carboxylic acids is 1. The molecule has 0 atom stereocenters. The smallest absolute Gasteiger partial charge is 0.171 e. The number of aromatic hydroxyl groups is 1. The average molecular weight is 219 g/mol. The molecular weight excluding hydrogens is 210 g/mol. The van der Waals surface area contributed by atoms with Gasteiger partial charge in [0.1, 0.15) is 10.8 Å². The molecule has 0 aliphatic rings. The summed E-state index contributed by atoms with van der Waals surface area (Å²) in [5, 5.41) is 10.0. The van der Waals surface area contributed by atoms with E-state index in [1.807, 2.05) is 6.07 Å². The van der Waals surface area contributed by atoms with Crippen LogP contribution in [0, 0.1) is 0 Å². The molecule has 3 nitrogen and oxygen atoms in total. The maximum Gasteiger partial charge on any atom is 0.171 e. The van der Waals surface area contributed by atoms with Crippen LogP contribution in [0.1, 0.15) is 16.6 Å². The lowest BCUT2D eigenvalue weighted by atomic mass is 10.2. The first-order valence-corrected chi connectivity index (χ1v) is 5.24. The van der Waals surface area contributed by atoms with Crippen molar-refractivity contribution < 1.29 is 9.90 Å². The second kappa shape index (κ2) is 3.82. The van der Waals surface area contributed by atoms with Gasteiger partial charge in [-0.2, -0.15) is 0 Å². The summed E-state index contributed by atoms with van der Waals surface area (Å²) in [6.07, 6.45) is 1.56. The zero-order valence-electron chi connectivity index (χ0n) is 8.10. The average Bonchev–Trinajstić information content (AvgIpc) is 2.66. The number of ketones is 1. The Morgan fingerprint density at radius 3 is 2.87 bits per heavy atom. The number of hydrogen-bond acceptors (Lipinski definition) is 4. The molecule has 4 heteroatoms. The molecule has 0 aliphatic carbocycles. The zero-order valence-corrected chi connectivity index (χ0v) is 8.91. The Labute approximate surface area is 91.0 Å². The van der Waals surface area contributed by atoms with Crippen LogP contribution in [0.5, 0.6) is 5.75 Å². The summed E-state index contributed by atoms with van der Waals surface area (Å²) in [5.41, 5.74) is 0.826. The molecule has 0 fully saturated rings. The number of hydrogen-bond donors (Lipinski definition) is 1. The topological polar surface area (TPSA) is 50.2 Å². The third-order valence-electron chi connectivity index (χ3n) is 1.95. The van der Waals surface area contributed by atoms with Crippen LogP contribution in [0.15, 0.2) is 30.5 Å². The van der Waals surface area contributed by atoms with E-state index in [4.69, 9.17) is 0 Å². The maximum absolute atomic E-state index is 11.1. The molecule has 0 radical (unpaired) electrons. The van der Waals surface area contributed by atoms with Gasteiger partial charge in [0.2, 0.25) is 0 Å².